The summed E-state index contributed by atoms with van der Waals surface area (Å²) in [5, 5.41) is 2.96. The monoisotopic (exact) mass is 130 g/mol. The Morgan fingerprint density at radius 3 is 2.67 bits per heavy atom. The maximum atomic E-state index is 10.4. The predicted octanol–water partition coefficient (Wildman–Crippen LogP) is -0.140. The molecule has 0 bridgehead atoms. The van der Waals surface area contributed by atoms with Crippen molar-refractivity contribution in [2.45, 2.75) is 26.3 Å². The minimum Gasteiger partial charge on any atom is -0.368 e. The summed E-state index contributed by atoms with van der Waals surface area (Å²) in [7, 11) is 0. The van der Waals surface area contributed by atoms with Gasteiger partial charge in [-0.1, -0.05) is 6.92 Å². The molecule has 0 heterocycles. The molecule has 0 unspecified atom stereocenters. The summed E-state index contributed by atoms with van der Waals surface area (Å²) in [4.78, 5) is 10.4. The van der Waals surface area contributed by atoms with E-state index in [0.29, 0.717) is 0 Å². The molecule has 9 heavy (non-hydrogen) atoms. The standard InChI is InChI=1S/C6H14N2O/c1-3-4-8-5(2)6(7)9/h5,8H,3-4H2,1-2H3,(H2,7,9)/t5-/m1/s1. The molecule has 3 heteroatoms. The minimum atomic E-state index is -0.288. The highest BCUT2D eigenvalue weighted by Crippen LogP contribution is 1.78. The lowest BCUT2D eigenvalue weighted by atomic mass is 10.3. The van der Waals surface area contributed by atoms with Gasteiger partial charge in [0, 0.05) is 0 Å². The second-order valence-electron chi connectivity index (χ2n) is 2.08. The molecule has 0 saturated heterocycles. The normalized spacial score (nSPS) is 13.1. The lowest BCUT2D eigenvalue weighted by Crippen LogP contribution is -2.38. The molecule has 0 aliphatic carbocycles. The zero-order valence-corrected chi connectivity index (χ0v) is 5.98. The first-order valence-corrected chi connectivity index (χ1v) is 3.21. The van der Waals surface area contributed by atoms with Crippen LogP contribution in [0.1, 0.15) is 20.3 Å². The van der Waals surface area contributed by atoms with Crippen molar-refractivity contribution in [2.24, 2.45) is 5.73 Å². The van der Waals surface area contributed by atoms with E-state index < -0.39 is 0 Å². The molecule has 1 amide bonds. The third kappa shape index (κ3) is 3.97. The fourth-order valence-corrected chi connectivity index (χ4v) is 0.461. The molecule has 0 aromatic rings. The Kier molecular flexibility index (Phi) is 4.05. The molecule has 0 aliphatic heterocycles. The van der Waals surface area contributed by atoms with Crippen molar-refractivity contribution in [1.29, 1.82) is 0 Å². The number of rotatable bonds is 4. The van der Waals surface area contributed by atoms with Crippen LogP contribution in [-0.4, -0.2) is 18.5 Å². The van der Waals surface area contributed by atoms with Gasteiger partial charge in [-0.2, -0.15) is 0 Å². The molecule has 0 aromatic carbocycles. The SMILES string of the molecule is CCCN[C@H](C)C(N)=O. The Morgan fingerprint density at radius 2 is 2.33 bits per heavy atom. The molecule has 3 N–H and O–H groups in total. The van der Waals surface area contributed by atoms with Crippen molar-refractivity contribution in [3.63, 3.8) is 0 Å². The van der Waals surface area contributed by atoms with Crippen molar-refractivity contribution in [2.75, 3.05) is 6.54 Å². The fraction of sp³-hybridized carbons (Fsp3) is 0.833. The summed E-state index contributed by atoms with van der Waals surface area (Å²) in [6.07, 6.45) is 1.03. The number of hydrogen-bond acceptors (Lipinski definition) is 2. The van der Waals surface area contributed by atoms with Gasteiger partial charge in [0.25, 0.3) is 0 Å². The third-order valence-electron chi connectivity index (χ3n) is 1.13. The second kappa shape index (κ2) is 4.32. The second-order valence-corrected chi connectivity index (χ2v) is 2.08. The lowest BCUT2D eigenvalue weighted by molar-refractivity contribution is -0.119. The maximum absolute atomic E-state index is 10.4. The molecule has 1 atom stereocenters. The number of carbonyl (C=O) groups excluding carboxylic acids is 1. The van der Waals surface area contributed by atoms with Gasteiger partial charge in [0.1, 0.15) is 0 Å². The van der Waals surface area contributed by atoms with Crippen LogP contribution in [0.15, 0.2) is 0 Å². The van der Waals surface area contributed by atoms with Crippen LogP contribution < -0.4 is 11.1 Å². The van der Waals surface area contributed by atoms with Gasteiger partial charge in [-0.25, -0.2) is 0 Å². The van der Waals surface area contributed by atoms with Crippen LogP contribution in [0.3, 0.4) is 0 Å². The molecule has 0 saturated carbocycles. The number of hydrogen-bond donors (Lipinski definition) is 2. The highest BCUT2D eigenvalue weighted by Gasteiger charge is 2.04. The van der Waals surface area contributed by atoms with Crippen LogP contribution in [0.4, 0.5) is 0 Å². The summed E-state index contributed by atoms with van der Waals surface area (Å²) in [5.41, 5.74) is 4.98. The zero-order valence-electron chi connectivity index (χ0n) is 5.98. The molecule has 0 radical (unpaired) electrons. The Balaban J connectivity index is 3.27. The van der Waals surface area contributed by atoms with E-state index >= 15 is 0 Å². The molecular weight excluding hydrogens is 116 g/mol. The van der Waals surface area contributed by atoms with Gasteiger partial charge in [-0.15, -0.1) is 0 Å². The summed E-state index contributed by atoms with van der Waals surface area (Å²) >= 11 is 0. The van der Waals surface area contributed by atoms with Crippen LogP contribution in [0.25, 0.3) is 0 Å². The molecule has 0 rings (SSSR count). The van der Waals surface area contributed by atoms with E-state index in [1.165, 1.54) is 0 Å². The average molecular weight is 130 g/mol. The Hall–Kier alpha value is -0.570. The fourth-order valence-electron chi connectivity index (χ4n) is 0.461. The number of carbonyl (C=O) groups is 1. The molecule has 0 aliphatic rings. The van der Waals surface area contributed by atoms with Gasteiger partial charge >= 0.3 is 0 Å². The molecule has 3 nitrogen and oxygen atoms in total. The van der Waals surface area contributed by atoms with Gasteiger partial charge in [0.05, 0.1) is 6.04 Å². The van der Waals surface area contributed by atoms with Gasteiger partial charge in [0.2, 0.25) is 5.91 Å². The van der Waals surface area contributed by atoms with Crippen molar-refractivity contribution in [3.8, 4) is 0 Å². The van der Waals surface area contributed by atoms with Gasteiger partial charge in [-0.05, 0) is 19.9 Å². The quantitative estimate of drug-likeness (QED) is 0.556. The summed E-state index contributed by atoms with van der Waals surface area (Å²) < 4.78 is 0. The van der Waals surface area contributed by atoms with E-state index in [2.05, 4.69) is 5.32 Å². The van der Waals surface area contributed by atoms with E-state index in [-0.39, 0.29) is 11.9 Å². The Labute approximate surface area is 55.6 Å². The van der Waals surface area contributed by atoms with Crippen molar-refractivity contribution in [3.05, 3.63) is 0 Å². The number of nitrogens with two attached hydrogens (primary N) is 1. The maximum Gasteiger partial charge on any atom is 0.234 e. The van der Waals surface area contributed by atoms with Crippen molar-refractivity contribution in [1.82, 2.24) is 5.32 Å². The summed E-state index contributed by atoms with van der Waals surface area (Å²) in [5.74, 6) is -0.288. The van der Waals surface area contributed by atoms with Crippen LogP contribution in [0, 0.1) is 0 Å². The van der Waals surface area contributed by atoms with Crippen molar-refractivity contribution >= 4 is 5.91 Å². The third-order valence-corrected chi connectivity index (χ3v) is 1.13. The van der Waals surface area contributed by atoms with Crippen LogP contribution in [0.2, 0.25) is 0 Å². The highest BCUT2D eigenvalue weighted by molar-refractivity contribution is 5.79. The van der Waals surface area contributed by atoms with E-state index in [0.717, 1.165) is 13.0 Å². The van der Waals surface area contributed by atoms with Crippen LogP contribution in [0.5, 0.6) is 0 Å². The number of primary amides is 1. The summed E-state index contributed by atoms with van der Waals surface area (Å²) in [6.45, 7) is 4.66. The first-order valence-electron chi connectivity index (χ1n) is 3.21. The topological polar surface area (TPSA) is 55.1 Å². The predicted molar refractivity (Wildman–Crippen MR) is 37.0 cm³/mol. The van der Waals surface area contributed by atoms with Gasteiger partial charge in [0.15, 0.2) is 0 Å². The zero-order chi connectivity index (χ0) is 7.28. The van der Waals surface area contributed by atoms with E-state index in [1.807, 2.05) is 6.92 Å². The molecule has 54 valence electrons. The molecule has 0 aromatic heterocycles. The first-order chi connectivity index (χ1) is 4.18. The largest absolute Gasteiger partial charge is 0.368 e. The van der Waals surface area contributed by atoms with E-state index in [9.17, 15) is 4.79 Å². The van der Waals surface area contributed by atoms with E-state index in [1.54, 1.807) is 6.92 Å². The van der Waals surface area contributed by atoms with E-state index in [4.69, 9.17) is 5.73 Å². The van der Waals surface area contributed by atoms with Crippen molar-refractivity contribution < 1.29 is 4.79 Å². The average Bonchev–Trinajstić information content (AvgIpc) is 1.82. The van der Waals surface area contributed by atoms with Crippen LogP contribution in [-0.2, 0) is 4.79 Å². The highest BCUT2D eigenvalue weighted by atomic mass is 16.1. The minimum absolute atomic E-state index is 0.190. The van der Waals surface area contributed by atoms with Crippen LogP contribution >= 0.6 is 0 Å². The molecule has 0 fully saturated rings. The molecule has 0 spiro atoms. The smallest absolute Gasteiger partial charge is 0.234 e. The molecular formula is C6H14N2O. The lowest BCUT2D eigenvalue weighted by Gasteiger charge is -2.06. The number of nitrogens with one attached hydrogen (secondary N) is 1. The summed E-state index contributed by atoms with van der Waals surface area (Å²) in [6, 6.07) is -0.190. The van der Waals surface area contributed by atoms with Gasteiger partial charge in [-0.3, -0.25) is 4.79 Å². The van der Waals surface area contributed by atoms with Gasteiger partial charge < -0.3 is 11.1 Å². The first kappa shape index (κ1) is 8.43. The Bertz CT molecular complexity index is 93.1. The number of amides is 1. The Morgan fingerprint density at radius 1 is 1.78 bits per heavy atom.